The van der Waals surface area contributed by atoms with Gasteiger partial charge in [-0.25, -0.2) is 4.79 Å². The molecule has 1 amide bonds. The van der Waals surface area contributed by atoms with Crippen LogP contribution in [0.5, 0.6) is 0 Å². The summed E-state index contributed by atoms with van der Waals surface area (Å²) in [6.45, 7) is 2.47. The van der Waals surface area contributed by atoms with Gasteiger partial charge < -0.3 is 15.6 Å². The van der Waals surface area contributed by atoms with Crippen molar-refractivity contribution in [3.8, 4) is 0 Å². The van der Waals surface area contributed by atoms with Crippen LogP contribution in [0.1, 0.15) is 59.6 Å². The number of H-pyrrole nitrogens is 2. The summed E-state index contributed by atoms with van der Waals surface area (Å²) in [4.78, 5) is 45.0. The number of carbonyl (C=O) groups excluding carboxylic acids is 1. The summed E-state index contributed by atoms with van der Waals surface area (Å²) in [7, 11) is 0. The van der Waals surface area contributed by atoms with Crippen molar-refractivity contribution in [1.82, 2.24) is 20.2 Å². The number of rotatable bonds is 7. The van der Waals surface area contributed by atoms with Gasteiger partial charge in [0.25, 0.3) is 11.5 Å². The molecule has 8 heteroatoms. The number of carbonyl (C=O) groups is 1. The summed E-state index contributed by atoms with van der Waals surface area (Å²) in [5, 5.41) is 6.31. The summed E-state index contributed by atoms with van der Waals surface area (Å²) in [6, 6.07) is 20.7. The zero-order valence-corrected chi connectivity index (χ0v) is 20.3. The second kappa shape index (κ2) is 11.0. The monoisotopic (exact) mass is 487 g/mol. The van der Waals surface area contributed by atoms with E-state index in [0.29, 0.717) is 5.92 Å². The first-order chi connectivity index (χ1) is 17.5. The van der Waals surface area contributed by atoms with Crippen molar-refractivity contribution in [1.29, 1.82) is 0 Å². The third-order valence-electron chi connectivity index (χ3n) is 7.37. The van der Waals surface area contributed by atoms with E-state index in [4.69, 9.17) is 0 Å². The third-order valence-corrected chi connectivity index (χ3v) is 7.37. The van der Waals surface area contributed by atoms with Gasteiger partial charge in [0.15, 0.2) is 0 Å². The molecule has 1 aliphatic heterocycles. The van der Waals surface area contributed by atoms with Crippen molar-refractivity contribution < 1.29 is 4.79 Å². The van der Waals surface area contributed by atoms with Crippen LogP contribution in [0.4, 0.5) is 5.69 Å². The fraction of sp³-hybridized carbons (Fsp3) is 0.393. The van der Waals surface area contributed by atoms with Crippen LogP contribution < -0.4 is 21.9 Å². The van der Waals surface area contributed by atoms with Gasteiger partial charge in [0.2, 0.25) is 0 Å². The highest BCUT2D eigenvalue weighted by atomic mass is 16.2. The number of aromatic nitrogens is 2. The predicted molar refractivity (Wildman–Crippen MR) is 140 cm³/mol. The summed E-state index contributed by atoms with van der Waals surface area (Å²) in [6.07, 6.45) is 4.55. The molecule has 1 saturated heterocycles. The molecule has 1 aliphatic carbocycles. The van der Waals surface area contributed by atoms with Crippen LogP contribution in [0, 0.1) is 0 Å². The van der Waals surface area contributed by atoms with Gasteiger partial charge in [-0.1, -0.05) is 60.7 Å². The zero-order valence-electron chi connectivity index (χ0n) is 20.3. The third kappa shape index (κ3) is 5.76. The number of hydrogen-bond donors (Lipinski definition) is 4. The zero-order chi connectivity index (χ0) is 24.9. The molecule has 2 heterocycles. The molecule has 5 rings (SSSR count). The van der Waals surface area contributed by atoms with Crippen molar-refractivity contribution in [3.05, 3.63) is 98.3 Å². The maximum absolute atomic E-state index is 13.2. The van der Waals surface area contributed by atoms with E-state index in [1.165, 1.54) is 11.1 Å². The van der Waals surface area contributed by atoms with Crippen LogP contribution in [0.2, 0.25) is 0 Å². The first-order valence-corrected chi connectivity index (χ1v) is 12.8. The molecule has 3 aromatic rings. The SMILES string of the molecule is O=C(NC1CCC(c2ccccc2)CC1)c1[nH]c(=O)[nH]c(=O)c1NC1CCN(Cc2ccccc2)C1. The lowest BCUT2D eigenvalue weighted by Crippen LogP contribution is -2.41. The van der Waals surface area contributed by atoms with E-state index in [1.54, 1.807) is 0 Å². The van der Waals surface area contributed by atoms with Crippen LogP contribution in [0.25, 0.3) is 0 Å². The van der Waals surface area contributed by atoms with E-state index in [1.807, 2.05) is 24.3 Å². The van der Waals surface area contributed by atoms with E-state index in [-0.39, 0.29) is 23.5 Å². The largest absolute Gasteiger partial charge is 0.375 e. The van der Waals surface area contributed by atoms with E-state index in [2.05, 4.69) is 61.9 Å². The summed E-state index contributed by atoms with van der Waals surface area (Å²) < 4.78 is 0. The number of aromatic amines is 2. The molecule has 36 heavy (non-hydrogen) atoms. The molecule has 8 nitrogen and oxygen atoms in total. The summed E-state index contributed by atoms with van der Waals surface area (Å²) in [5.41, 5.74) is 1.47. The molecule has 2 aromatic carbocycles. The van der Waals surface area contributed by atoms with Gasteiger partial charge in [0, 0.05) is 31.7 Å². The molecule has 1 aromatic heterocycles. The van der Waals surface area contributed by atoms with Gasteiger partial charge in [0.1, 0.15) is 11.4 Å². The number of benzene rings is 2. The standard InChI is InChI=1S/C28H33N5O3/c34-26(30-22-13-11-21(12-14-22)20-9-5-2-6-10-20)25-24(27(35)32-28(36)31-25)29-23-15-16-33(18-23)17-19-7-3-1-4-8-19/h1-10,21-23,29H,11-18H2,(H,30,34)(H2,31,32,35,36). The van der Waals surface area contributed by atoms with Crippen LogP contribution in [0.15, 0.2) is 70.3 Å². The number of likely N-dealkylation sites (tertiary alicyclic amines) is 1. The van der Waals surface area contributed by atoms with Crippen molar-refractivity contribution in [2.45, 2.75) is 56.7 Å². The average Bonchev–Trinajstić information content (AvgIpc) is 3.33. The Morgan fingerprint density at radius 1 is 0.861 bits per heavy atom. The minimum atomic E-state index is -0.680. The molecule has 0 radical (unpaired) electrons. The van der Waals surface area contributed by atoms with Gasteiger partial charge in [-0.05, 0) is 49.1 Å². The first-order valence-electron chi connectivity index (χ1n) is 12.8. The van der Waals surface area contributed by atoms with Crippen molar-refractivity contribution >= 4 is 11.6 Å². The Bertz CT molecular complexity index is 1280. The molecule has 1 saturated carbocycles. The van der Waals surface area contributed by atoms with Gasteiger partial charge in [0.05, 0.1) is 0 Å². The topological polar surface area (TPSA) is 110 Å². The fourth-order valence-corrected chi connectivity index (χ4v) is 5.49. The maximum Gasteiger partial charge on any atom is 0.326 e. The van der Waals surface area contributed by atoms with Gasteiger partial charge in [-0.3, -0.25) is 19.5 Å². The molecular formula is C28H33N5O3. The van der Waals surface area contributed by atoms with Crippen LogP contribution in [0.3, 0.4) is 0 Å². The van der Waals surface area contributed by atoms with E-state index >= 15 is 0 Å². The van der Waals surface area contributed by atoms with Crippen molar-refractivity contribution in [2.24, 2.45) is 0 Å². The lowest BCUT2D eigenvalue weighted by molar-refractivity contribution is 0.0921. The fourth-order valence-electron chi connectivity index (χ4n) is 5.49. The second-order valence-electron chi connectivity index (χ2n) is 9.94. The van der Waals surface area contributed by atoms with Crippen LogP contribution >= 0.6 is 0 Å². The number of hydrogen-bond acceptors (Lipinski definition) is 5. The Hall–Kier alpha value is -3.65. The highest BCUT2D eigenvalue weighted by molar-refractivity contribution is 5.97. The molecular weight excluding hydrogens is 454 g/mol. The van der Waals surface area contributed by atoms with Gasteiger partial charge in [-0.2, -0.15) is 0 Å². The Balaban J connectivity index is 1.22. The number of anilines is 1. The van der Waals surface area contributed by atoms with Crippen LogP contribution in [-0.4, -0.2) is 45.9 Å². The average molecular weight is 488 g/mol. The molecule has 2 fully saturated rings. The second-order valence-corrected chi connectivity index (χ2v) is 9.94. The highest BCUT2D eigenvalue weighted by Gasteiger charge is 2.28. The van der Waals surface area contributed by atoms with Crippen LogP contribution in [-0.2, 0) is 6.54 Å². The molecule has 2 aliphatic rings. The van der Waals surface area contributed by atoms with Crippen molar-refractivity contribution in [3.63, 3.8) is 0 Å². The number of amides is 1. The quantitative estimate of drug-likeness (QED) is 0.409. The Morgan fingerprint density at radius 2 is 1.56 bits per heavy atom. The molecule has 0 bridgehead atoms. The summed E-state index contributed by atoms with van der Waals surface area (Å²) in [5.74, 6) is 0.0835. The molecule has 1 unspecified atom stereocenters. The molecule has 0 spiro atoms. The lowest BCUT2D eigenvalue weighted by Gasteiger charge is -2.29. The smallest absolute Gasteiger partial charge is 0.326 e. The number of nitrogens with one attached hydrogen (secondary N) is 4. The Labute approximate surface area is 210 Å². The minimum absolute atomic E-state index is 0.00794. The van der Waals surface area contributed by atoms with E-state index < -0.39 is 17.2 Å². The van der Waals surface area contributed by atoms with Crippen molar-refractivity contribution in [2.75, 3.05) is 18.4 Å². The lowest BCUT2D eigenvalue weighted by atomic mass is 9.82. The maximum atomic E-state index is 13.2. The molecule has 4 N–H and O–H groups in total. The normalized spacial score (nSPS) is 22.3. The van der Waals surface area contributed by atoms with E-state index in [0.717, 1.165) is 51.7 Å². The Morgan fingerprint density at radius 3 is 2.28 bits per heavy atom. The highest BCUT2D eigenvalue weighted by Crippen LogP contribution is 2.32. The number of nitrogens with zero attached hydrogens (tertiary/aromatic N) is 1. The van der Waals surface area contributed by atoms with E-state index in [9.17, 15) is 14.4 Å². The molecule has 188 valence electrons. The Kier molecular flexibility index (Phi) is 7.32. The van der Waals surface area contributed by atoms with Gasteiger partial charge >= 0.3 is 5.69 Å². The minimum Gasteiger partial charge on any atom is -0.375 e. The molecule has 1 atom stereocenters. The predicted octanol–water partition coefficient (Wildman–Crippen LogP) is 3.21. The first kappa shape index (κ1) is 24.1. The summed E-state index contributed by atoms with van der Waals surface area (Å²) >= 11 is 0. The van der Waals surface area contributed by atoms with Gasteiger partial charge in [-0.15, -0.1) is 0 Å².